The van der Waals surface area contributed by atoms with Crippen LogP contribution in [0.3, 0.4) is 0 Å². The van der Waals surface area contributed by atoms with Gasteiger partial charge in [0.25, 0.3) is 0 Å². The summed E-state index contributed by atoms with van der Waals surface area (Å²) in [6.07, 6.45) is 3.96. The van der Waals surface area contributed by atoms with E-state index in [9.17, 15) is 0 Å². The van der Waals surface area contributed by atoms with E-state index in [2.05, 4.69) is 43.3 Å². The van der Waals surface area contributed by atoms with Crippen LogP contribution in [0.1, 0.15) is 18.1 Å². The van der Waals surface area contributed by atoms with Crippen molar-refractivity contribution in [1.29, 1.82) is 0 Å². The summed E-state index contributed by atoms with van der Waals surface area (Å²) < 4.78 is 1.93. The molecule has 0 radical (unpaired) electrons. The zero-order valence-electron chi connectivity index (χ0n) is 9.77. The highest BCUT2D eigenvalue weighted by atomic mass is 15.3. The second-order valence-corrected chi connectivity index (χ2v) is 3.95. The normalized spacial score (nSPS) is 10.7. The van der Waals surface area contributed by atoms with Crippen LogP contribution in [-0.2, 0) is 13.1 Å². The van der Waals surface area contributed by atoms with Crippen molar-refractivity contribution in [3.8, 4) is 11.1 Å². The first kappa shape index (κ1) is 10.9. The molecule has 0 unspecified atom stereocenters. The van der Waals surface area contributed by atoms with E-state index in [1.54, 1.807) is 0 Å². The summed E-state index contributed by atoms with van der Waals surface area (Å²) >= 11 is 0. The Kier molecular flexibility index (Phi) is 3.06. The van der Waals surface area contributed by atoms with Gasteiger partial charge in [-0.25, -0.2) is 0 Å². The van der Waals surface area contributed by atoms with E-state index in [-0.39, 0.29) is 0 Å². The van der Waals surface area contributed by atoms with E-state index in [0.717, 1.165) is 12.1 Å². The standard InChI is InChI=1S/C13H17N3/c1-3-16-9-12(8-15-16)13-6-10(2)4-5-11(13)7-14/h4-6,8-9H,3,7,14H2,1-2H3. The van der Waals surface area contributed by atoms with Crippen LogP contribution in [0.25, 0.3) is 11.1 Å². The third-order valence-electron chi connectivity index (χ3n) is 2.75. The fraction of sp³-hybridized carbons (Fsp3) is 0.308. The molecule has 0 spiro atoms. The third kappa shape index (κ3) is 1.99. The van der Waals surface area contributed by atoms with Crippen molar-refractivity contribution < 1.29 is 0 Å². The van der Waals surface area contributed by atoms with Crippen LogP contribution in [0.5, 0.6) is 0 Å². The molecular weight excluding hydrogens is 198 g/mol. The van der Waals surface area contributed by atoms with Crippen LogP contribution >= 0.6 is 0 Å². The summed E-state index contributed by atoms with van der Waals surface area (Å²) in [4.78, 5) is 0. The van der Waals surface area contributed by atoms with E-state index in [0.29, 0.717) is 6.54 Å². The van der Waals surface area contributed by atoms with Gasteiger partial charge in [-0.2, -0.15) is 5.10 Å². The van der Waals surface area contributed by atoms with Gasteiger partial charge in [0.2, 0.25) is 0 Å². The zero-order chi connectivity index (χ0) is 11.5. The van der Waals surface area contributed by atoms with Gasteiger partial charge in [0, 0.05) is 24.8 Å². The predicted molar refractivity (Wildman–Crippen MR) is 66.0 cm³/mol. The molecule has 1 aromatic heterocycles. The third-order valence-corrected chi connectivity index (χ3v) is 2.75. The van der Waals surface area contributed by atoms with Crippen LogP contribution in [-0.4, -0.2) is 9.78 Å². The lowest BCUT2D eigenvalue weighted by Crippen LogP contribution is -1.99. The Morgan fingerprint density at radius 2 is 2.19 bits per heavy atom. The quantitative estimate of drug-likeness (QED) is 0.854. The molecule has 0 saturated heterocycles. The van der Waals surface area contributed by atoms with Crippen LogP contribution in [0.4, 0.5) is 0 Å². The summed E-state index contributed by atoms with van der Waals surface area (Å²) in [6, 6.07) is 6.35. The fourth-order valence-corrected chi connectivity index (χ4v) is 1.81. The number of rotatable bonds is 3. The van der Waals surface area contributed by atoms with Gasteiger partial charge in [0.15, 0.2) is 0 Å². The number of hydrogen-bond donors (Lipinski definition) is 1. The molecule has 0 amide bonds. The van der Waals surface area contributed by atoms with Crippen LogP contribution in [0.2, 0.25) is 0 Å². The molecule has 3 nitrogen and oxygen atoms in total. The van der Waals surface area contributed by atoms with E-state index < -0.39 is 0 Å². The maximum Gasteiger partial charge on any atom is 0.0568 e. The maximum absolute atomic E-state index is 5.75. The van der Waals surface area contributed by atoms with Crippen molar-refractivity contribution in [2.75, 3.05) is 0 Å². The number of nitrogens with zero attached hydrogens (tertiary/aromatic N) is 2. The summed E-state index contributed by atoms with van der Waals surface area (Å²) in [5.41, 5.74) is 10.5. The van der Waals surface area contributed by atoms with E-state index >= 15 is 0 Å². The smallest absolute Gasteiger partial charge is 0.0568 e. The first-order valence-corrected chi connectivity index (χ1v) is 5.57. The lowest BCUT2D eigenvalue weighted by molar-refractivity contribution is 0.660. The summed E-state index contributed by atoms with van der Waals surface area (Å²) in [5.74, 6) is 0. The Balaban J connectivity index is 2.49. The minimum absolute atomic E-state index is 0.562. The number of benzene rings is 1. The van der Waals surface area contributed by atoms with Gasteiger partial charge < -0.3 is 5.73 Å². The second kappa shape index (κ2) is 4.49. The molecule has 0 atom stereocenters. The van der Waals surface area contributed by atoms with Gasteiger partial charge in [0.05, 0.1) is 6.20 Å². The minimum Gasteiger partial charge on any atom is -0.326 e. The highest BCUT2D eigenvalue weighted by Crippen LogP contribution is 2.24. The zero-order valence-corrected chi connectivity index (χ0v) is 9.77. The van der Waals surface area contributed by atoms with Crippen molar-refractivity contribution in [1.82, 2.24) is 9.78 Å². The first-order valence-electron chi connectivity index (χ1n) is 5.57. The molecule has 16 heavy (non-hydrogen) atoms. The van der Waals surface area contributed by atoms with Crippen LogP contribution in [0.15, 0.2) is 30.6 Å². The second-order valence-electron chi connectivity index (χ2n) is 3.95. The number of aryl methyl sites for hydroxylation is 2. The lowest BCUT2D eigenvalue weighted by Gasteiger charge is -2.06. The SMILES string of the molecule is CCn1cc(-c2cc(C)ccc2CN)cn1. The van der Waals surface area contributed by atoms with Crippen molar-refractivity contribution in [2.24, 2.45) is 5.73 Å². The van der Waals surface area contributed by atoms with Gasteiger partial charge in [-0.15, -0.1) is 0 Å². The Hall–Kier alpha value is -1.61. The minimum atomic E-state index is 0.562. The van der Waals surface area contributed by atoms with Gasteiger partial charge in [0.1, 0.15) is 0 Å². The van der Waals surface area contributed by atoms with Crippen molar-refractivity contribution in [3.05, 3.63) is 41.7 Å². The number of aromatic nitrogens is 2. The molecule has 0 bridgehead atoms. The Bertz CT molecular complexity index is 486. The molecule has 2 rings (SSSR count). The van der Waals surface area contributed by atoms with E-state index in [1.807, 2.05) is 10.9 Å². The molecule has 1 aromatic carbocycles. The molecule has 0 saturated carbocycles. The molecule has 0 aliphatic heterocycles. The van der Waals surface area contributed by atoms with Crippen molar-refractivity contribution >= 4 is 0 Å². The van der Waals surface area contributed by atoms with E-state index in [4.69, 9.17) is 5.73 Å². The van der Waals surface area contributed by atoms with Gasteiger partial charge in [-0.05, 0) is 25.0 Å². The monoisotopic (exact) mass is 215 g/mol. The maximum atomic E-state index is 5.75. The Labute approximate surface area is 95.9 Å². The van der Waals surface area contributed by atoms with Gasteiger partial charge in [-0.3, -0.25) is 4.68 Å². The predicted octanol–water partition coefficient (Wildman–Crippen LogP) is 2.34. The molecule has 0 aliphatic rings. The average molecular weight is 215 g/mol. The van der Waals surface area contributed by atoms with Gasteiger partial charge in [-0.1, -0.05) is 23.8 Å². The molecule has 2 N–H and O–H groups in total. The largest absolute Gasteiger partial charge is 0.326 e. The molecule has 1 heterocycles. The molecule has 2 aromatic rings. The van der Waals surface area contributed by atoms with Crippen LogP contribution < -0.4 is 5.73 Å². The van der Waals surface area contributed by atoms with Crippen LogP contribution in [0, 0.1) is 6.92 Å². The molecular formula is C13H17N3. The first-order chi connectivity index (χ1) is 7.74. The van der Waals surface area contributed by atoms with Gasteiger partial charge >= 0.3 is 0 Å². The Morgan fingerprint density at radius 3 is 2.81 bits per heavy atom. The average Bonchev–Trinajstić information content (AvgIpc) is 2.77. The lowest BCUT2D eigenvalue weighted by atomic mass is 10.0. The molecule has 3 heteroatoms. The molecule has 0 fully saturated rings. The fourth-order valence-electron chi connectivity index (χ4n) is 1.81. The Morgan fingerprint density at radius 1 is 1.38 bits per heavy atom. The van der Waals surface area contributed by atoms with Crippen molar-refractivity contribution in [2.45, 2.75) is 26.9 Å². The molecule has 0 aliphatic carbocycles. The summed E-state index contributed by atoms with van der Waals surface area (Å²) in [5, 5.41) is 4.29. The highest BCUT2D eigenvalue weighted by Gasteiger charge is 2.06. The van der Waals surface area contributed by atoms with E-state index in [1.165, 1.54) is 16.7 Å². The topological polar surface area (TPSA) is 43.8 Å². The summed E-state index contributed by atoms with van der Waals surface area (Å²) in [7, 11) is 0. The number of nitrogens with two attached hydrogens (primary N) is 1. The number of hydrogen-bond acceptors (Lipinski definition) is 2. The highest BCUT2D eigenvalue weighted by molar-refractivity contribution is 5.66. The summed E-state index contributed by atoms with van der Waals surface area (Å²) in [6.45, 7) is 5.63. The van der Waals surface area contributed by atoms with Crippen molar-refractivity contribution in [3.63, 3.8) is 0 Å². The molecule has 84 valence electrons.